The second-order valence-electron chi connectivity index (χ2n) is 7.97. The highest BCUT2D eigenvalue weighted by Gasteiger charge is 2.48. The van der Waals surface area contributed by atoms with E-state index in [4.69, 9.17) is 0 Å². The highest BCUT2D eigenvalue weighted by molar-refractivity contribution is 7.91. The number of nitrogens with zero attached hydrogens (tertiary/aromatic N) is 3. The van der Waals surface area contributed by atoms with E-state index in [2.05, 4.69) is 21.2 Å². The van der Waals surface area contributed by atoms with E-state index in [1.165, 1.54) is 5.57 Å². The van der Waals surface area contributed by atoms with Crippen molar-refractivity contribution in [3.05, 3.63) is 29.1 Å². The Hall–Kier alpha value is -1.67. The van der Waals surface area contributed by atoms with Crippen LogP contribution in [-0.2, 0) is 9.84 Å². The number of carbonyl (C=O) groups is 1. The van der Waals surface area contributed by atoms with Gasteiger partial charge < -0.3 is 4.90 Å². The van der Waals surface area contributed by atoms with Crippen molar-refractivity contribution in [2.45, 2.75) is 44.7 Å². The Kier molecular flexibility index (Phi) is 4.43. The third-order valence-corrected chi connectivity index (χ3v) is 7.32. The quantitative estimate of drug-likeness (QED) is 0.795. The molecule has 1 N–H and O–H groups in total. The summed E-state index contributed by atoms with van der Waals surface area (Å²) in [5.74, 6) is 0.535. The number of hydrogen-bond acceptors (Lipinski definition) is 5. The first-order chi connectivity index (χ1) is 12.3. The third-order valence-electron chi connectivity index (χ3n) is 5.62. The lowest BCUT2D eigenvalue weighted by Crippen LogP contribution is -2.60. The minimum Gasteiger partial charge on any atom is -0.330 e. The molecule has 0 radical (unpaired) electrons. The maximum absolute atomic E-state index is 13.0. The highest BCUT2D eigenvalue weighted by Crippen LogP contribution is 2.39. The summed E-state index contributed by atoms with van der Waals surface area (Å²) in [7, 11) is -3.13. The number of aromatic amines is 1. The Morgan fingerprint density at radius 3 is 2.69 bits per heavy atom. The Morgan fingerprint density at radius 2 is 2.00 bits per heavy atom. The van der Waals surface area contributed by atoms with Gasteiger partial charge in [0.2, 0.25) is 0 Å². The van der Waals surface area contributed by atoms with Crippen molar-refractivity contribution >= 4 is 15.7 Å². The Balaban J connectivity index is 1.55. The van der Waals surface area contributed by atoms with Crippen molar-refractivity contribution in [1.82, 2.24) is 20.0 Å². The highest BCUT2D eigenvalue weighted by atomic mass is 32.2. The summed E-state index contributed by atoms with van der Waals surface area (Å²) in [6, 6.07) is 1.43. The average molecular weight is 378 g/mol. The summed E-state index contributed by atoms with van der Waals surface area (Å²) < 4.78 is 24.6. The molecule has 1 aromatic rings. The van der Waals surface area contributed by atoms with Crippen LogP contribution in [0.2, 0.25) is 0 Å². The lowest BCUT2D eigenvalue weighted by atomic mass is 10.0. The summed E-state index contributed by atoms with van der Waals surface area (Å²) in [5, 5.41) is 7.16. The lowest BCUT2D eigenvalue weighted by Gasteiger charge is -2.43. The Morgan fingerprint density at radius 1 is 1.27 bits per heavy atom. The van der Waals surface area contributed by atoms with E-state index in [-0.39, 0.29) is 29.5 Å². The van der Waals surface area contributed by atoms with Gasteiger partial charge in [0.1, 0.15) is 5.69 Å². The fraction of sp³-hybridized carbons (Fsp3) is 0.667. The van der Waals surface area contributed by atoms with E-state index in [1.807, 2.05) is 19.9 Å². The predicted molar refractivity (Wildman–Crippen MR) is 98.8 cm³/mol. The second-order valence-corrected chi connectivity index (χ2v) is 10.1. The molecule has 0 aromatic carbocycles. The van der Waals surface area contributed by atoms with E-state index in [1.54, 1.807) is 4.90 Å². The van der Waals surface area contributed by atoms with Crippen molar-refractivity contribution < 1.29 is 13.2 Å². The van der Waals surface area contributed by atoms with Gasteiger partial charge in [0.05, 0.1) is 17.5 Å². The monoisotopic (exact) mass is 378 g/mol. The van der Waals surface area contributed by atoms with Crippen molar-refractivity contribution in [2.75, 3.05) is 31.1 Å². The zero-order valence-corrected chi connectivity index (χ0v) is 16.1. The maximum atomic E-state index is 13.0. The zero-order chi connectivity index (χ0) is 18.5. The fourth-order valence-electron chi connectivity index (χ4n) is 4.00. The number of aromatic nitrogens is 2. The third kappa shape index (κ3) is 3.44. The zero-order valence-electron chi connectivity index (χ0n) is 15.3. The van der Waals surface area contributed by atoms with Crippen LogP contribution in [0.15, 0.2) is 17.7 Å². The van der Waals surface area contributed by atoms with Gasteiger partial charge in [-0.15, -0.1) is 0 Å². The van der Waals surface area contributed by atoms with Crippen LogP contribution in [0.3, 0.4) is 0 Å². The second kappa shape index (κ2) is 6.49. The first-order valence-electron chi connectivity index (χ1n) is 9.28. The topological polar surface area (TPSA) is 86.4 Å². The molecular weight excluding hydrogens is 352 g/mol. The SMILES string of the molecule is CC(C)=CCN1CCN(C(=O)c2cc(C3CC3)[nH]n2)[C@H]2CS(=O)(=O)C[C@H]21. The van der Waals surface area contributed by atoms with Crippen LogP contribution in [-0.4, -0.2) is 77.5 Å². The fourth-order valence-corrected chi connectivity index (χ4v) is 6.01. The number of H-pyrrole nitrogens is 1. The number of sulfone groups is 1. The molecule has 1 aromatic heterocycles. The molecule has 1 aliphatic carbocycles. The van der Waals surface area contributed by atoms with Gasteiger partial charge in [0.25, 0.3) is 5.91 Å². The van der Waals surface area contributed by atoms with E-state index in [9.17, 15) is 13.2 Å². The van der Waals surface area contributed by atoms with Gasteiger partial charge in [-0.1, -0.05) is 11.6 Å². The van der Waals surface area contributed by atoms with E-state index < -0.39 is 9.84 Å². The molecule has 1 amide bonds. The predicted octanol–water partition coefficient (Wildman–Crippen LogP) is 1.18. The van der Waals surface area contributed by atoms with Crippen LogP contribution in [0.5, 0.6) is 0 Å². The molecule has 3 aliphatic rings. The number of rotatable bonds is 4. The van der Waals surface area contributed by atoms with Gasteiger partial charge in [0.15, 0.2) is 9.84 Å². The summed E-state index contributed by atoms with van der Waals surface area (Å²) in [6.45, 7) is 6.04. The molecular formula is C18H26N4O3S. The van der Waals surface area contributed by atoms with E-state index in [0.717, 1.165) is 25.1 Å². The van der Waals surface area contributed by atoms with Crippen molar-refractivity contribution in [1.29, 1.82) is 0 Å². The summed E-state index contributed by atoms with van der Waals surface area (Å²) in [4.78, 5) is 16.9. The molecule has 142 valence electrons. The molecule has 2 saturated heterocycles. The molecule has 2 aliphatic heterocycles. The molecule has 0 spiro atoms. The van der Waals surface area contributed by atoms with Crippen molar-refractivity contribution in [2.24, 2.45) is 0 Å². The molecule has 2 atom stereocenters. The maximum Gasteiger partial charge on any atom is 0.274 e. The van der Waals surface area contributed by atoms with Crippen molar-refractivity contribution in [3.8, 4) is 0 Å². The van der Waals surface area contributed by atoms with Gasteiger partial charge in [-0.05, 0) is 32.8 Å². The van der Waals surface area contributed by atoms with Crippen molar-refractivity contribution in [3.63, 3.8) is 0 Å². The smallest absolute Gasteiger partial charge is 0.274 e. The number of piperazine rings is 1. The van der Waals surface area contributed by atoms with Crippen LogP contribution in [0, 0.1) is 0 Å². The average Bonchev–Trinajstić information content (AvgIpc) is 3.20. The number of allylic oxidation sites excluding steroid dienone is 1. The molecule has 26 heavy (non-hydrogen) atoms. The molecule has 0 bridgehead atoms. The van der Waals surface area contributed by atoms with Crippen LogP contribution in [0.1, 0.15) is 48.8 Å². The lowest BCUT2D eigenvalue weighted by molar-refractivity contribution is 0.0363. The van der Waals surface area contributed by atoms with Gasteiger partial charge >= 0.3 is 0 Å². The van der Waals surface area contributed by atoms with Gasteiger partial charge in [0, 0.05) is 37.3 Å². The molecule has 1 saturated carbocycles. The number of amides is 1. The van der Waals surface area contributed by atoms with Gasteiger partial charge in [-0.3, -0.25) is 14.8 Å². The first kappa shape index (κ1) is 17.7. The summed E-state index contributed by atoms with van der Waals surface area (Å²) in [5.41, 5.74) is 2.64. The molecule has 3 fully saturated rings. The van der Waals surface area contributed by atoms with Gasteiger partial charge in [-0.25, -0.2) is 8.42 Å². The normalized spacial score (nSPS) is 28.0. The van der Waals surface area contributed by atoms with Crippen LogP contribution in [0.4, 0.5) is 0 Å². The molecule has 3 heterocycles. The van der Waals surface area contributed by atoms with Crippen LogP contribution < -0.4 is 0 Å². The number of carbonyl (C=O) groups excluding carboxylic acids is 1. The minimum absolute atomic E-state index is 0.0502. The number of hydrogen-bond donors (Lipinski definition) is 1. The van der Waals surface area contributed by atoms with Crippen LogP contribution >= 0.6 is 0 Å². The summed E-state index contributed by atoms with van der Waals surface area (Å²) in [6.07, 6.45) is 4.40. The standard InChI is InChI=1S/C18H26N4O3S/c1-12(2)5-6-21-7-8-22(17-11-26(24,25)10-16(17)21)18(23)15-9-14(19-20-15)13-3-4-13/h5,9,13,16-17H,3-4,6-8,10-11H2,1-2H3,(H,19,20)/t16-,17+/m1/s1. The Bertz CT molecular complexity index is 836. The molecule has 8 heteroatoms. The molecule has 7 nitrogen and oxygen atoms in total. The minimum atomic E-state index is -3.13. The Labute approximate surface area is 154 Å². The number of fused-ring (bicyclic) bond motifs is 1. The first-order valence-corrected chi connectivity index (χ1v) is 11.1. The van der Waals surface area contributed by atoms with Gasteiger partial charge in [-0.2, -0.15) is 5.10 Å². The van der Waals surface area contributed by atoms with E-state index in [0.29, 0.717) is 24.7 Å². The molecule has 4 rings (SSSR count). The van der Waals surface area contributed by atoms with E-state index >= 15 is 0 Å². The summed E-state index contributed by atoms with van der Waals surface area (Å²) >= 11 is 0. The molecule has 0 unspecified atom stereocenters. The largest absolute Gasteiger partial charge is 0.330 e. The van der Waals surface area contributed by atoms with Crippen LogP contribution in [0.25, 0.3) is 0 Å². The number of nitrogens with one attached hydrogen (secondary N) is 1.